The lowest BCUT2D eigenvalue weighted by Crippen LogP contribution is -2.55. The van der Waals surface area contributed by atoms with E-state index in [1.807, 2.05) is 0 Å². The Bertz CT molecular complexity index is 1130. The molecule has 1 amide bonds. The number of nitrogens with one attached hydrogen (secondary N) is 1. The summed E-state index contributed by atoms with van der Waals surface area (Å²) < 4.78 is 31.4. The summed E-state index contributed by atoms with van der Waals surface area (Å²) in [6.45, 7) is 4.82. The molecule has 0 aromatic heterocycles. The number of sulfone groups is 1. The van der Waals surface area contributed by atoms with Gasteiger partial charge in [0.1, 0.15) is 11.7 Å². The van der Waals surface area contributed by atoms with Crippen molar-refractivity contribution >= 4 is 27.6 Å². The quantitative estimate of drug-likeness (QED) is 0.349. The van der Waals surface area contributed by atoms with Gasteiger partial charge in [-0.25, -0.2) is 13.2 Å². The van der Waals surface area contributed by atoms with Gasteiger partial charge in [-0.1, -0.05) is 30.3 Å². The normalized spacial score (nSPS) is 14.5. The van der Waals surface area contributed by atoms with E-state index in [4.69, 9.17) is 4.74 Å². The highest BCUT2D eigenvalue weighted by Crippen LogP contribution is 2.24. The predicted molar refractivity (Wildman–Crippen MR) is 121 cm³/mol. The highest BCUT2D eigenvalue weighted by Gasteiger charge is 2.44. The number of hydrogen-bond acceptors (Lipinski definition) is 8. The van der Waals surface area contributed by atoms with Gasteiger partial charge in [0.2, 0.25) is 0 Å². The molecule has 0 spiro atoms. The molecule has 0 fully saturated rings. The van der Waals surface area contributed by atoms with Crippen LogP contribution in [0.1, 0.15) is 26.3 Å². The maximum Gasteiger partial charge on any atom is 0.407 e. The van der Waals surface area contributed by atoms with Crippen LogP contribution in [0, 0.1) is 10.1 Å². The zero-order valence-corrected chi connectivity index (χ0v) is 19.6. The molecule has 0 saturated heterocycles. The third kappa shape index (κ3) is 6.99. The lowest BCUT2D eigenvalue weighted by Gasteiger charge is -2.29. The summed E-state index contributed by atoms with van der Waals surface area (Å²) in [5.41, 5.74) is -0.692. The summed E-state index contributed by atoms with van der Waals surface area (Å²) >= 11 is 0. The van der Waals surface area contributed by atoms with E-state index in [-0.39, 0.29) is 12.1 Å². The number of aliphatic carboxylic acids is 1. The molecule has 184 valence electrons. The molecule has 3 atom stereocenters. The minimum absolute atomic E-state index is 0.0964. The first-order valence-electron chi connectivity index (χ1n) is 10.1. The topological polar surface area (TPSA) is 173 Å². The number of carboxylic acids is 1. The maximum absolute atomic E-state index is 13.1. The first kappa shape index (κ1) is 26.7. The number of hydrogen-bond donors (Lipinski definition) is 3. The van der Waals surface area contributed by atoms with Crippen molar-refractivity contribution in [3.8, 4) is 0 Å². The highest BCUT2D eigenvalue weighted by atomic mass is 32.2. The van der Waals surface area contributed by atoms with Crippen LogP contribution >= 0.6 is 0 Å². The van der Waals surface area contributed by atoms with E-state index < -0.39 is 54.7 Å². The van der Waals surface area contributed by atoms with E-state index >= 15 is 0 Å². The number of amides is 1. The van der Waals surface area contributed by atoms with Crippen LogP contribution in [0.2, 0.25) is 0 Å². The van der Waals surface area contributed by atoms with Gasteiger partial charge in [0, 0.05) is 12.1 Å². The molecule has 0 saturated carbocycles. The second-order valence-corrected chi connectivity index (χ2v) is 10.6. The van der Waals surface area contributed by atoms with E-state index in [9.17, 15) is 38.3 Å². The second-order valence-electron chi connectivity index (χ2n) is 8.49. The molecular formula is C22H26N2O9S. The van der Waals surface area contributed by atoms with E-state index in [0.29, 0.717) is 5.56 Å². The first-order chi connectivity index (χ1) is 15.7. The number of aliphatic hydroxyl groups is 1. The van der Waals surface area contributed by atoms with Crippen LogP contribution < -0.4 is 5.32 Å². The number of non-ortho nitro benzene ring substituents is 1. The molecule has 2 rings (SSSR count). The summed E-state index contributed by atoms with van der Waals surface area (Å²) in [6, 6.07) is 10.7. The number of ether oxygens (including phenoxy) is 1. The zero-order valence-electron chi connectivity index (χ0n) is 18.7. The van der Waals surface area contributed by atoms with Crippen molar-refractivity contribution in [2.75, 3.05) is 0 Å². The zero-order chi connectivity index (χ0) is 25.7. The fraction of sp³-hybridized carbons (Fsp3) is 0.364. The number of nitro benzene ring substituents is 1. The van der Waals surface area contributed by atoms with E-state index in [0.717, 1.165) is 24.3 Å². The minimum Gasteiger partial charge on any atom is -0.480 e. The summed E-state index contributed by atoms with van der Waals surface area (Å²) in [4.78, 5) is 34.0. The lowest BCUT2D eigenvalue weighted by atomic mass is 9.99. The largest absolute Gasteiger partial charge is 0.480 e. The molecule has 11 nitrogen and oxygen atoms in total. The molecule has 0 heterocycles. The lowest BCUT2D eigenvalue weighted by molar-refractivity contribution is -0.384. The Kier molecular flexibility index (Phi) is 8.35. The summed E-state index contributed by atoms with van der Waals surface area (Å²) in [5, 5.41) is 31.5. The highest BCUT2D eigenvalue weighted by molar-refractivity contribution is 7.92. The molecule has 2 aromatic rings. The van der Waals surface area contributed by atoms with E-state index in [1.54, 1.807) is 51.1 Å². The summed E-state index contributed by atoms with van der Waals surface area (Å²) in [7, 11) is -4.71. The van der Waals surface area contributed by atoms with Crippen molar-refractivity contribution in [2.45, 2.75) is 55.1 Å². The van der Waals surface area contributed by atoms with Gasteiger partial charge in [-0.15, -0.1) is 0 Å². The van der Waals surface area contributed by atoms with Crippen LogP contribution in [0.15, 0.2) is 59.5 Å². The van der Waals surface area contributed by atoms with Crippen molar-refractivity contribution in [3.05, 3.63) is 70.3 Å². The molecule has 0 aliphatic rings. The van der Waals surface area contributed by atoms with Gasteiger partial charge in [-0.3, -0.25) is 14.9 Å². The number of nitrogens with zero attached hydrogens (tertiary/aromatic N) is 1. The first-order valence-corrected chi connectivity index (χ1v) is 11.7. The van der Waals surface area contributed by atoms with E-state index in [1.165, 1.54) is 0 Å². The molecule has 0 aliphatic carbocycles. The third-order valence-corrected chi connectivity index (χ3v) is 6.76. The van der Waals surface area contributed by atoms with Crippen molar-refractivity contribution in [1.29, 1.82) is 0 Å². The molecule has 0 unspecified atom stereocenters. The van der Waals surface area contributed by atoms with Gasteiger partial charge >= 0.3 is 12.1 Å². The molecule has 2 aromatic carbocycles. The fourth-order valence-corrected chi connectivity index (χ4v) is 4.79. The average molecular weight is 495 g/mol. The van der Waals surface area contributed by atoms with Crippen LogP contribution in [-0.2, 0) is 25.8 Å². The van der Waals surface area contributed by atoms with Crippen LogP contribution in [0.3, 0.4) is 0 Å². The number of aliphatic hydroxyl groups excluding tert-OH is 1. The van der Waals surface area contributed by atoms with Crippen LogP contribution in [0.5, 0.6) is 0 Å². The number of rotatable bonds is 9. The summed E-state index contributed by atoms with van der Waals surface area (Å²) in [5.74, 6) is -1.85. The third-order valence-electron chi connectivity index (χ3n) is 4.68. The van der Waals surface area contributed by atoms with Crippen molar-refractivity contribution < 1.29 is 37.9 Å². The van der Waals surface area contributed by atoms with Crippen LogP contribution in [0.25, 0.3) is 0 Å². The molecule has 0 aliphatic heterocycles. The standard InChI is InChI=1S/C22H26N2O9S/c1-22(2,3)33-21(28)23-17(13-14-7-5-4-6-8-14)18(25)19(20(26)27)34(31,32)16-11-9-15(10-12-16)24(29)30/h4-12,17-19,25H,13H2,1-3H3,(H,23,28)(H,26,27)/t17-,18-,19+/m0/s1. The Morgan fingerprint density at radius 2 is 1.65 bits per heavy atom. The predicted octanol–water partition coefficient (Wildman–Crippen LogP) is 2.32. The van der Waals surface area contributed by atoms with Gasteiger partial charge in [0.25, 0.3) is 5.69 Å². The summed E-state index contributed by atoms with van der Waals surface area (Å²) in [6.07, 6.45) is -3.16. The van der Waals surface area contributed by atoms with Gasteiger partial charge in [-0.2, -0.15) is 0 Å². The average Bonchev–Trinajstić information content (AvgIpc) is 2.72. The van der Waals surface area contributed by atoms with E-state index in [2.05, 4.69) is 5.32 Å². The number of carbonyl (C=O) groups is 2. The number of benzene rings is 2. The molecule has 34 heavy (non-hydrogen) atoms. The number of nitro groups is 1. The maximum atomic E-state index is 13.1. The van der Waals surface area contributed by atoms with Crippen LogP contribution in [0.4, 0.5) is 10.5 Å². The van der Waals surface area contributed by atoms with Gasteiger partial charge < -0.3 is 20.3 Å². The van der Waals surface area contributed by atoms with Gasteiger partial charge in [-0.05, 0) is 44.9 Å². The van der Waals surface area contributed by atoms with Crippen molar-refractivity contribution in [1.82, 2.24) is 5.32 Å². The Hall–Kier alpha value is -3.51. The Balaban J connectivity index is 2.44. The molecule has 0 bridgehead atoms. The van der Waals surface area contributed by atoms with Crippen LogP contribution in [-0.4, -0.2) is 58.6 Å². The minimum atomic E-state index is -4.71. The van der Waals surface area contributed by atoms with Crippen molar-refractivity contribution in [3.63, 3.8) is 0 Å². The van der Waals surface area contributed by atoms with Crippen molar-refractivity contribution in [2.24, 2.45) is 0 Å². The second kappa shape index (κ2) is 10.6. The Morgan fingerprint density at radius 1 is 1.09 bits per heavy atom. The number of alkyl carbamates (subject to hydrolysis) is 1. The SMILES string of the molecule is CC(C)(C)OC(=O)N[C@@H](Cc1ccccc1)[C@H](O)[C@H](C(=O)O)S(=O)(=O)c1ccc([N+](=O)[O-])cc1. The molecule has 12 heteroatoms. The molecular weight excluding hydrogens is 468 g/mol. The number of carboxylic acid groups (broad SMARTS) is 1. The monoisotopic (exact) mass is 494 g/mol. The Morgan fingerprint density at radius 3 is 2.12 bits per heavy atom. The smallest absolute Gasteiger partial charge is 0.407 e. The Labute approximate surface area is 196 Å². The number of carbonyl (C=O) groups excluding carboxylic acids is 1. The molecule has 0 radical (unpaired) electrons. The van der Waals surface area contributed by atoms with Gasteiger partial charge in [0.05, 0.1) is 15.9 Å². The molecule has 3 N–H and O–H groups in total. The van der Waals surface area contributed by atoms with Gasteiger partial charge in [0.15, 0.2) is 15.1 Å². The fourth-order valence-electron chi connectivity index (χ4n) is 3.16.